The summed E-state index contributed by atoms with van der Waals surface area (Å²) in [6, 6.07) is 9.55. The molecule has 0 saturated heterocycles. The predicted octanol–water partition coefficient (Wildman–Crippen LogP) is 2.60. The monoisotopic (exact) mass is 405 g/mol. The van der Waals surface area contributed by atoms with Crippen LogP contribution in [0.4, 0.5) is 28.8 Å². The molecule has 0 bridgehead atoms. The Kier molecular flexibility index (Phi) is 5.46. The first kappa shape index (κ1) is 19.2. The van der Waals surface area contributed by atoms with E-state index in [1.54, 1.807) is 12.4 Å². The van der Waals surface area contributed by atoms with Crippen LogP contribution in [0.2, 0.25) is 0 Å². The molecule has 0 atom stereocenters. The van der Waals surface area contributed by atoms with Gasteiger partial charge in [-0.1, -0.05) is 0 Å². The van der Waals surface area contributed by atoms with Crippen LogP contribution in [0.25, 0.3) is 0 Å². The predicted molar refractivity (Wildman–Crippen MR) is 115 cm³/mol. The molecule has 0 fully saturated rings. The van der Waals surface area contributed by atoms with E-state index in [9.17, 15) is 0 Å². The van der Waals surface area contributed by atoms with Crippen molar-refractivity contribution in [3.8, 4) is 5.75 Å². The van der Waals surface area contributed by atoms with Gasteiger partial charge in [-0.05, 0) is 37.3 Å². The van der Waals surface area contributed by atoms with Gasteiger partial charge in [0.1, 0.15) is 5.75 Å². The van der Waals surface area contributed by atoms with Gasteiger partial charge in [0.25, 0.3) is 0 Å². The van der Waals surface area contributed by atoms with Crippen LogP contribution in [0.1, 0.15) is 6.92 Å². The van der Waals surface area contributed by atoms with Crippen LogP contribution in [0, 0.1) is 0 Å². The molecule has 3 aromatic heterocycles. The molecule has 0 spiro atoms. The fraction of sp³-hybridized carbons (Fsp3) is 0.200. The summed E-state index contributed by atoms with van der Waals surface area (Å²) in [5.41, 5.74) is 13.7. The average molecular weight is 405 g/mol. The van der Waals surface area contributed by atoms with Crippen LogP contribution in [0.5, 0.6) is 5.75 Å². The van der Waals surface area contributed by atoms with Gasteiger partial charge in [0.05, 0.1) is 43.5 Å². The quantitative estimate of drug-likeness (QED) is 0.458. The number of nitrogens with two attached hydrogens (primary N) is 2. The molecule has 30 heavy (non-hydrogen) atoms. The van der Waals surface area contributed by atoms with Crippen molar-refractivity contribution in [3.05, 3.63) is 61.3 Å². The van der Waals surface area contributed by atoms with Crippen molar-refractivity contribution in [2.45, 2.75) is 20.0 Å². The zero-order valence-corrected chi connectivity index (χ0v) is 16.6. The van der Waals surface area contributed by atoms with Crippen molar-refractivity contribution < 1.29 is 4.74 Å². The third-order valence-corrected chi connectivity index (χ3v) is 4.44. The zero-order chi connectivity index (χ0) is 20.9. The Morgan fingerprint density at radius 3 is 2.50 bits per heavy atom. The first-order valence-corrected chi connectivity index (χ1v) is 9.55. The van der Waals surface area contributed by atoms with Crippen LogP contribution in [0.3, 0.4) is 0 Å². The van der Waals surface area contributed by atoms with E-state index in [0.717, 1.165) is 17.1 Å². The normalized spacial score (nSPS) is 10.8. The molecule has 0 amide bonds. The molecule has 0 aliphatic carbocycles. The Bertz CT molecular complexity index is 1090. The van der Waals surface area contributed by atoms with Gasteiger partial charge in [-0.2, -0.15) is 15.2 Å². The maximum Gasteiger partial charge on any atom is 0.236 e. The van der Waals surface area contributed by atoms with Crippen LogP contribution in [0.15, 0.2) is 61.3 Å². The maximum absolute atomic E-state index is 5.93. The number of aryl methyl sites for hydroxylation is 2. The molecule has 154 valence electrons. The highest BCUT2D eigenvalue weighted by molar-refractivity contribution is 5.73. The molecule has 0 unspecified atom stereocenters. The first-order valence-electron chi connectivity index (χ1n) is 9.55. The van der Waals surface area contributed by atoms with E-state index in [1.165, 1.54) is 6.20 Å². The van der Waals surface area contributed by atoms with Gasteiger partial charge in [-0.3, -0.25) is 14.3 Å². The van der Waals surface area contributed by atoms with Crippen LogP contribution < -0.4 is 21.1 Å². The summed E-state index contributed by atoms with van der Waals surface area (Å²) < 4.78 is 9.25. The van der Waals surface area contributed by atoms with E-state index in [0.29, 0.717) is 31.3 Å². The Labute approximate surface area is 173 Å². The zero-order valence-electron chi connectivity index (χ0n) is 16.6. The minimum Gasteiger partial charge on any atom is -0.494 e. The van der Waals surface area contributed by atoms with Crippen molar-refractivity contribution in [2.75, 3.05) is 23.0 Å². The number of rotatable bonds is 8. The molecule has 1 aromatic carbocycles. The molecule has 0 aliphatic heterocycles. The van der Waals surface area contributed by atoms with Crippen LogP contribution >= 0.6 is 0 Å². The number of nitrogens with zero attached hydrogens (tertiary/aromatic N) is 7. The van der Waals surface area contributed by atoms with Crippen molar-refractivity contribution in [1.29, 1.82) is 0 Å². The highest BCUT2D eigenvalue weighted by Crippen LogP contribution is 2.33. The molecule has 0 saturated carbocycles. The van der Waals surface area contributed by atoms with Gasteiger partial charge in [-0.15, -0.1) is 0 Å². The third kappa shape index (κ3) is 4.17. The smallest absolute Gasteiger partial charge is 0.236 e. The summed E-state index contributed by atoms with van der Waals surface area (Å²) in [5, 5.41) is 8.69. The summed E-state index contributed by atoms with van der Waals surface area (Å²) >= 11 is 0. The summed E-state index contributed by atoms with van der Waals surface area (Å²) in [6.45, 7) is 3.93. The summed E-state index contributed by atoms with van der Waals surface area (Å²) in [6.07, 6.45) is 8.86. The topological polar surface area (TPSA) is 126 Å². The molecule has 4 N–H and O–H groups in total. The maximum atomic E-state index is 5.93. The lowest BCUT2D eigenvalue weighted by Gasteiger charge is -2.21. The van der Waals surface area contributed by atoms with Crippen LogP contribution in [-0.2, 0) is 13.1 Å². The van der Waals surface area contributed by atoms with E-state index in [4.69, 9.17) is 16.2 Å². The molecule has 0 radical (unpaired) electrons. The van der Waals surface area contributed by atoms with E-state index >= 15 is 0 Å². The molecule has 4 rings (SSSR count). The van der Waals surface area contributed by atoms with Gasteiger partial charge in [0.2, 0.25) is 5.95 Å². The second kappa shape index (κ2) is 8.52. The van der Waals surface area contributed by atoms with E-state index in [-0.39, 0.29) is 5.82 Å². The van der Waals surface area contributed by atoms with Gasteiger partial charge in [-0.25, -0.2) is 4.98 Å². The Hall–Kier alpha value is -4.08. The van der Waals surface area contributed by atoms with Crippen LogP contribution in [-0.4, -0.2) is 36.1 Å². The van der Waals surface area contributed by atoms with Gasteiger partial charge in [0.15, 0.2) is 5.82 Å². The fourth-order valence-corrected chi connectivity index (χ4v) is 2.97. The largest absolute Gasteiger partial charge is 0.494 e. The van der Waals surface area contributed by atoms with Crippen molar-refractivity contribution in [2.24, 2.45) is 0 Å². The fourth-order valence-electron chi connectivity index (χ4n) is 2.97. The third-order valence-electron chi connectivity index (χ3n) is 4.44. The molecule has 10 nitrogen and oxygen atoms in total. The van der Waals surface area contributed by atoms with Gasteiger partial charge >= 0.3 is 0 Å². The number of nitrogen functional groups attached to an aromatic ring is 2. The molecule has 0 aliphatic rings. The van der Waals surface area contributed by atoms with Crippen molar-refractivity contribution >= 4 is 28.8 Å². The number of hydrogen-bond donors (Lipinski definition) is 2. The lowest BCUT2D eigenvalue weighted by molar-refractivity contribution is 0.340. The van der Waals surface area contributed by atoms with E-state index in [2.05, 4.69) is 20.2 Å². The van der Waals surface area contributed by atoms with Gasteiger partial charge in [0, 0.05) is 24.3 Å². The highest BCUT2D eigenvalue weighted by atomic mass is 16.5. The molecular weight excluding hydrogens is 382 g/mol. The number of ether oxygens (including phenoxy) is 1. The second-order valence-corrected chi connectivity index (χ2v) is 6.50. The number of aromatic nitrogens is 6. The lowest BCUT2D eigenvalue weighted by Crippen LogP contribution is -2.14. The minimum absolute atomic E-state index is 0.224. The standard InChI is InChI=1S/C20H23N9O/c1-2-30-17-6-4-15(5-7-17)29(20-23-13-18(21)19(22)26-20)16-12-25-28(14-16)11-10-27-9-3-8-24-27/h3-9,12-14H,2,10-11,21H2,1H3,(H2,22,23,26). The number of hydrogen-bond acceptors (Lipinski definition) is 8. The Balaban J connectivity index is 1.65. The van der Waals surface area contributed by atoms with E-state index in [1.807, 2.05) is 63.9 Å². The lowest BCUT2D eigenvalue weighted by atomic mass is 10.2. The summed E-state index contributed by atoms with van der Waals surface area (Å²) in [4.78, 5) is 10.6. The summed E-state index contributed by atoms with van der Waals surface area (Å²) in [5.74, 6) is 1.41. The number of anilines is 5. The second-order valence-electron chi connectivity index (χ2n) is 6.50. The van der Waals surface area contributed by atoms with Gasteiger partial charge < -0.3 is 16.2 Å². The van der Waals surface area contributed by atoms with Crippen molar-refractivity contribution in [1.82, 2.24) is 29.5 Å². The molecular formula is C20H23N9O. The Morgan fingerprint density at radius 1 is 1.00 bits per heavy atom. The van der Waals surface area contributed by atoms with E-state index < -0.39 is 0 Å². The highest BCUT2D eigenvalue weighted by Gasteiger charge is 2.18. The molecule has 3 heterocycles. The number of benzene rings is 1. The SMILES string of the molecule is CCOc1ccc(N(c2cnn(CCn3cccn3)c2)c2ncc(N)c(N)n2)cc1. The first-order chi connectivity index (χ1) is 14.6. The summed E-state index contributed by atoms with van der Waals surface area (Å²) in [7, 11) is 0. The average Bonchev–Trinajstić information content (AvgIpc) is 3.43. The Morgan fingerprint density at radius 2 is 1.80 bits per heavy atom. The molecule has 4 aromatic rings. The van der Waals surface area contributed by atoms with Crippen molar-refractivity contribution in [3.63, 3.8) is 0 Å². The molecule has 10 heteroatoms. The minimum atomic E-state index is 0.224.